The average Bonchev–Trinajstić information content (AvgIpc) is 2.75. The van der Waals surface area contributed by atoms with E-state index in [-0.39, 0.29) is 5.91 Å². The van der Waals surface area contributed by atoms with E-state index >= 15 is 0 Å². The Morgan fingerprint density at radius 1 is 1.33 bits per heavy atom. The molecule has 0 atom stereocenters. The number of carbonyl (C=O) groups is 1. The molecule has 2 rings (SSSR count). The first-order chi connectivity index (χ1) is 9.92. The van der Waals surface area contributed by atoms with Crippen molar-refractivity contribution in [2.24, 2.45) is 0 Å². The van der Waals surface area contributed by atoms with Gasteiger partial charge in [-0.2, -0.15) is 0 Å². The molecular formula is C15H19N3OS2. The second-order valence-corrected chi connectivity index (χ2v) is 7.37. The lowest BCUT2D eigenvalue weighted by molar-refractivity contribution is 0.103. The molecule has 4 nitrogen and oxygen atoms in total. The van der Waals surface area contributed by atoms with Crippen LogP contribution in [0.5, 0.6) is 0 Å². The largest absolute Gasteiger partial charge is 0.382 e. The third kappa shape index (κ3) is 3.57. The molecule has 0 radical (unpaired) electrons. The summed E-state index contributed by atoms with van der Waals surface area (Å²) in [5.41, 5.74) is 9.98. The number of aromatic nitrogens is 1. The van der Waals surface area contributed by atoms with Gasteiger partial charge in [0.05, 0.1) is 0 Å². The molecule has 0 saturated heterocycles. The van der Waals surface area contributed by atoms with Crippen LogP contribution in [0.1, 0.15) is 33.3 Å². The summed E-state index contributed by atoms with van der Waals surface area (Å²) < 4.78 is 0.831. The van der Waals surface area contributed by atoms with Crippen molar-refractivity contribution in [2.75, 3.05) is 16.8 Å². The number of hydrogen-bond donors (Lipinski definition) is 2. The van der Waals surface area contributed by atoms with Gasteiger partial charge in [-0.3, -0.25) is 4.79 Å². The van der Waals surface area contributed by atoms with E-state index in [4.69, 9.17) is 5.73 Å². The predicted octanol–water partition coefficient (Wildman–Crippen LogP) is 4.01. The summed E-state index contributed by atoms with van der Waals surface area (Å²) in [5, 5.41) is 2.96. The molecule has 3 N–H and O–H groups in total. The molecule has 2 aromatic rings. The van der Waals surface area contributed by atoms with E-state index in [2.05, 4.69) is 22.4 Å². The second kappa shape index (κ2) is 6.49. The summed E-state index contributed by atoms with van der Waals surface area (Å²) >= 11 is 2.93. The molecule has 0 fully saturated rings. The Morgan fingerprint density at radius 3 is 2.52 bits per heavy atom. The summed E-state index contributed by atoms with van der Waals surface area (Å²) in [7, 11) is 0. The Morgan fingerprint density at radius 2 is 1.95 bits per heavy atom. The number of nitrogens with one attached hydrogen (secondary N) is 1. The minimum absolute atomic E-state index is 0.192. The van der Waals surface area contributed by atoms with Crippen molar-refractivity contribution >= 4 is 40.5 Å². The molecule has 0 unspecified atom stereocenters. The Hall–Kier alpha value is -1.53. The van der Waals surface area contributed by atoms with Crippen LogP contribution in [0.15, 0.2) is 16.5 Å². The summed E-state index contributed by atoms with van der Waals surface area (Å²) in [6.07, 6.45) is 0. The van der Waals surface area contributed by atoms with E-state index in [0.29, 0.717) is 10.7 Å². The van der Waals surface area contributed by atoms with E-state index in [9.17, 15) is 4.79 Å². The molecule has 0 saturated carbocycles. The molecule has 0 aliphatic heterocycles. The number of nitrogens with two attached hydrogens (primary N) is 1. The van der Waals surface area contributed by atoms with E-state index < -0.39 is 0 Å². The Balaban J connectivity index is 2.26. The van der Waals surface area contributed by atoms with Crippen molar-refractivity contribution in [3.8, 4) is 0 Å². The van der Waals surface area contributed by atoms with Crippen molar-refractivity contribution in [1.82, 2.24) is 4.98 Å². The molecule has 1 heterocycles. The van der Waals surface area contributed by atoms with Gasteiger partial charge < -0.3 is 11.1 Å². The summed E-state index contributed by atoms with van der Waals surface area (Å²) in [6, 6.07) is 4.11. The van der Waals surface area contributed by atoms with Crippen LogP contribution in [0.25, 0.3) is 0 Å². The van der Waals surface area contributed by atoms with Crippen molar-refractivity contribution in [3.05, 3.63) is 33.7 Å². The molecule has 1 aromatic heterocycles. The molecule has 21 heavy (non-hydrogen) atoms. The Labute approximate surface area is 133 Å². The first-order valence-corrected chi connectivity index (χ1v) is 8.50. The third-order valence-electron chi connectivity index (χ3n) is 3.02. The van der Waals surface area contributed by atoms with Gasteiger partial charge in [-0.05, 0) is 37.7 Å². The van der Waals surface area contributed by atoms with Crippen LogP contribution in [0, 0.1) is 20.8 Å². The number of anilines is 2. The zero-order valence-electron chi connectivity index (χ0n) is 12.6. The van der Waals surface area contributed by atoms with Crippen LogP contribution in [0.4, 0.5) is 11.5 Å². The van der Waals surface area contributed by atoms with Gasteiger partial charge in [0, 0.05) is 5.69 Å². The number of benzene rings is 1. The number of thioether (sulfide) groups is 1. The molecular weight excluding hydrogens is 302 g/mol. The fourth-order valence-electron chi connectivity index (χ4n) is 2.21. The van der Waals surface area contributed by atoms with Gasteiger partial charge in [-0.25, -0.2) is 4.98 Å². The maximum absolute atomic E-state index is 12.4. The third-order valence-corrected chi connectivity index (χ3v) is 5.12. The molecule has 0 bridgehead atoms. The standard InChI is InChI=1S/C15H19N3OS2/c1-5-20-15-18-13(16)12(21-15)14(19)17-11-9(3)6-8(2)7-10(11)4/h6-7H,5,16H2,1-4H3,(H,17,19). The summed E-state index contributed by atoms with van der Waals surface area (Å²) in [5.74, 6) is 1.02. The van der Waals surface area contributed by atoms with Gasteiger partial charge in [0.2, 0.25) is 0 Å². The quantitative estimate of drug-likeness (QED) is 0.835. The molecule has 0 aliphatic rings. The van der Waals surface area contributed by atoms with Crippen LogP contribution in [-0.4, -0.2) is 16.6 Å². The van der Waals surface area contributed by atoms with Crippen molar-refractivity contribution in [2.45, 2.75) is 32.0 Å². The SMILES string of the molecule is CCSc1nc(N)c(C(=O)Nc2c(C)cc(C)cc2C)s1. The lowest BCUT2D eigenvalue weighted by atomic mass is 10.1. The maximum Gasteiger partial charge on any atom is 0.269 e. The smallest absolute Gasteiger partial charge is 0.269 e. The molecule has 1 aromatic carbocycles. The van der Waals surface area contributed by atoms with Gasteiger partial charge in [0.1, 0.15) is 10.7 Å². The van der Waals surface area contributed by atoms with E-state index in [0.717, 1.165) is 26.9 Å². The first-order valence-electron chi connectivity index (χ1n) is 6.70. The number of thiazole rings is 1. The average molecular weight is 321 g/mol. The fraction of sp³-hybridized carbons (Fsp3) is 0.333. The van der Waals surface area contributed by atoms with E-state index in [1.54, 1.807) is 11.8 Å². The first kappa shape index (κ1) is 15.9. The summed E-state index contributed by atoms with van der Waals surface area (Å²) in [6.45, 7) is 8.07. The molecule has 0 aliphatic carbocycles. The van der Waals surface area contributed by atoms with Crippen LogP contribution < -0.4 is 11.1 Å². The minimum Gasteiger partial charge on any atom is -0.382 e. The highest BCUT2D eigenvalue weighted by Gasteiger charge is 2.17. The van der Waals surface area contributed by atoms with E-state index in [1.165, 1.54) is 16.9 Å². The number of rotatable bonds is 4. The minimum atomic E-state index is -0.192. The number of nitrogens with zero attached hydrogens (tertiary/aromatic N) is 1. The Kier molecular flexibility index (Phi) is 4.90. The lowest BCUT2D eigenvalue weighted by Crippen LogP contribution is -2.14. The lowest BCUT2D eigenvalue weighted by Gasteiger charge is -2.12. The molecule has 6 heteroatoms. The zero-order chi connectivity index (χ0) is 15.6. The second-order valence-electron chi connectivity index (χ2n) is 4.85. The normalized spacial score (nSPS) is 10.7. The molecule has 112 valence electrons. The fourth-order valence-corrected chi connectivity index (χ4v) is 4.07. The zero-order valence-corrected chi connectivity index (χ0v) is 14.2. The highest BCUT2D eigenvalue weighted by Crippen LogP contribution is 2.30. The van der Waals surface area contributed by atoms with Crippen molar-refractivity contribution in [1.29, 1.82) is 0 Å². The van der Waals surface area contributed by atoms with Crippen LogP contribution in [0.2, 0.25) is 0 Å². The van der Waals surface area contributed by atoms with E-state index in [1.807, 2.05) is 27.7 Å². The van der Waals surface area contributed by atoms with Gasteiger partial charge in [-0.1, -0.05) is 36.4 Å². The van der Waals surface area contributed by atoms with Crippen LogP contribution >= 0.6 is 23.1 Å². The number of carbonyl (C=O) groups excluding carboxylic acids is 1. The maximum atomic E-state index is 12.4. The molecule has 1 amide bonds. The van der Waals surface area contributed by atoms with Gasteiger partial charge >= 0.3 is 0 Å². The number of aryl methyl sites for hydroxylation is 3. The summed E-state index contributed by atoms with van der Waals surface area (Å²) in [4.78, 5) is 17.1. The van der Waals surface area contributed by atoms with Gasteiger partial charge in [0.15, 0.2) is 4.34 Å². The number of amides is 1. The highest BCUT2D eigenvalue weighted by atomic mass is 32.2. The topological polar surface area (TPSA) is 68.0 Å². The van der Waals surface area contributed by atoms with Crippen molar-refractivity contribution < 1.29 is 4.79 Å². The Bertz CT molecular complexity index is 657. The highest BCUT2D eigenvalue weighted by molar-refractivity contribution is 8.01. The van der Waals surface area contributed by atoms with Gasteiger partial charge in [0.25, 0.3) is 5.91 Å². The number of nitrogen functional groups attached to an aromatic ring is 1. The van der Waals surface area contributed by atoms with Gasteiger partial charge in [-0.15, -0.1) is 11.3 Å². The van der Waals surface area contributed by atoms with Crippen LogP contribution in [0.3, 0.4) is 0 Å². The van der Waals surface area contributed by atoms with Crippen LogP contribution in [-0.2, 0) is 0 Å². The number of hydrogen-bond acceptors (Lipinski definition) is 5. The predicted molar refractivity (Wildman–Crippen MR) is 91.5 cm³/mol. The monoisotopic (exact) mass is 321 g/mol. The molecule has 0 spiro atoms. The van der Waals surface area contributed by atoms with Crippen molar-refractivity contribution in [3.63, 3.8) is 0 Å².